The summed E-state index contributed by atoms with van der Waals surface area (Å²) in [6, 6.07) is 6.49. The number of nitro benzene ring substituents is 1. The molecular formula is C12H8F2N2O4S. The Labute approximate surface area is 118 Å². The van der Waals surface area contributed by atoms with Gasteiger partial charge in [0, 0.05) is 17.8 Å². The molecule has 1 N–H and O–H groups in total. The molecule has 0 atom stereocenters. The smallest absolute Gasteiger partial charge is 0.269 e. The van der Waals surface area contributed by atoms with E-state index in [1.54, 1.807) is 0 Å². The minimum atomic E-state index is -4.33. The van der Waals surface area contributed by atoms with E-state index in [1.807, 2.05) is 4.72 Å². The van der Waals surface area contributed by atoms with E-state index in [0.29, 0.717) is 12.1 Å². The lowest BCUT2D eigenvalue weighted by atomic mass is 10.3. The van der Waals surface area contributed by atoms with Crippen LogP contribution in [0.15, 0.2) is 47.4 Å². The predicted octanol–water partition coefficient (Wildman–Crippen LogP) is 2.67. The molecule has 0 bridgehead atoms. The number of benzene rings is 2. The minimum absolute atomic E-state index is 0.00994. The highest BCUT2D eigenvalue weighted by molar-refractivity contribution is 7.92. The molecule has 0 heterocycles. The molecular weight excluding hydrogens is 306 g/mol. The minimum Gasteiger partial charge on any atom is -0.280 e. The summed E-state index contributed by atoms with van der Waals surface area (Å²) < 4.78 is 52.4. The topological polar surface area (TPSA) is 89.3 Å². The van der Waals surface area contributed by atoms with E-state index in [0.717, 1.165) is 30.3 Å². The molecule has 6 nitrogen and oxygen atoms in total. The van der Waals surface area contributed by atoms with Crippen LogP contribution in [0, 0.1) is 21.7 Å². The Balaban J connectivity index is 2.33. The van der Waals surface area contributed by atoms with Gasteiger partial charge in [-0.15, -0.1) is 0 Å². The summed E-state index contributed by atoms with van der Waals surface area (Å²) in [6.45, 7) is 0. The zero-order chi connectivity index (χ0) is 15.6. The molecule has 0 aromatic heterocycles. The fourth-order valence-corrected chi connectivity index (χ4v) is 2.69. The normalized spacial score (nSPS) is 11.1. The molecule has 0 saturated heterocycles. The van der Waals surface area contributed by atoms with Gasteiger partial charge in [-0.05, 0) is 30.3 Å². The highest BCUT2D eigenvalue weighted by Crippen LogP contribution is 2.21. The number of nitro groups is 1. The van der Waals surface area contributed by atoms with E-state index in [4.69, 9.17) is 0 Å². The summed E-state index contributed by atoms with van der Waals surface area (Å²) in [7, 11) is -4.33. The van der Waals surface area contributed by atoms with Gasteiger partial charge < -0.3 is 0 Å². The van der Waals surface area contributed by atoms with Gasteiger partial charge in [0.1, 0.15) is 16.5 Å². The number of nitrogens with zero attached hydrogens (tertiary/aromatic N) is 1. The van der Waals surface area contributed by atoms with Crippen molar-refractivity contribution < 1.29 is 22.1 Å². The summed E-state index contributed by atoms with van der Waals surface area (Å²) in [6.07, 6.45) is 0. The van der Waals surface area contributed by atoms with Gasteiger partial charge in [-0.3, -0.25) is 14.8 Å². The largest absolute Gasteiger partial charge is 0.280 e. The van der Waals surface area contributed by atoms with Crippen LogP contribution in [0.25, 0.3) is 0 Å². The van der Waals surface area contributed by atoms with Crippen LogP contribution >= 0.6 is 0 Å². The lowest BCUT2D eigenvalue weighted by molar-refractivity contribution is -0.384. The number of rotatable bonds is 4. The fraction of sp³-hybridized carbons (Fsp3) is 0. The lowest BCUT2D eigenvalue weighted by Crippen LogP contribution is -2.14. The summed E-state index contributed by atoms with van der Waals surface area (Å²) in [4.78, 5) is 8.98. The number of sulfonamides is 1. The Hall–Kier alpha value is -2.55. The van der Waals surface area contributed by atoms with E-state index in [1.165, 1.54) is 0 Å². The van der Waals surface area contributed by atoms with E-state index in [2.05, 4.69) is 0 Å². The predicted molar refractivity (Wildman–Crippen MR) is 70.3 cm³/mol. The van der Waals surface area contributed by atoms with Gasteiger partial charge >= 0.3 is 0 Å². The molecule has 0 aliphatic rings. The zero-order valence-corrected chi connectivity index (χ0v) is 11.1. The van der Waals surface area contributed by atoms with Crippen molar-refractivity contribution in [2.45, 2.75) is 4.90 Å². The molecule has 0 spiro atoms. The van der Waals surface area contributed by atoms with Gasteiger partial charge in [-0.25, -0.2) is 17.2 Å². The third kappa shape index (κ3) is 3.31. The summed E-state index contributed by atoms with van der Waals surface area (Å²) >= 11 is 0. The second-order valence-electron chi connectivity index (χ2n) is 3.98. The van der Waals surface area contributed by atoms with Gasteiger partial charge in [0.05, 0.1) is 4.92 Å². The van der Waals surface area contributed by atoms with Gasteiger partial charge in [-0.1, -0.05) is 0 Å². The number of hydrogen-bond donors (Lipinski definition) is 1. The third-order valence-corrected chi connectivity index (χ3v) is 3.91. The van der Waals surface area contributed by atoms with Crippen molar-refractivity contribution in [2.75, 3.05) is 4.72 Å². The van der Waals surface area contributed by atoms with Gasteiger partial charge in [-0.2, -0.15) is 0 Å². The molecule has 0 saturated carbocycles. The first-order valence-corrected chi connectivity index (χ1v) is 7.00. The Kier molecular flexibility index (Phi) is 3.85. The van der Waals surface area contributed by atoms with Gasteiger partial charge in [0.2, 0.25) is 0 Å². The first-order valence-electron chi connectivity index (χ1n) is 5.52. The Morgan fingerprint density at radius 3 is 2.24 bits per heavy atom. The molecule has 0 fully saturated rings. The van der Waals surface area contributed by atoms with Crippen LogP contribution in [-0.2, 0) is 10.0 Å². The number of anilines is 1. The molecule has 21 heavy (non-hydrogen) atoms. The monoisotopic (exact) mass is 314 g/mol. The second-order valence-corrected chi connectivity index (χ2v) is 5.64. The average Bonchev–Trinajstić information content (AvgIpc) is 2.41. The quantitative estimate of drug-likeness (QED) is 0.694. The van der Waals surface area contributed by atoms with Crippen molar-refractivity contribution in [2.24, 2.45) is 0 Å². The maximum Gasteiger partial charge on any atom is 0.269 e. The second kappa shape index (κ2) is 5.44. The molecule has 0 aliphatic heterocycles. The Morgan fingerprint density at radius 2 is 1.67 bits per heavy atom. The van der Waals surface area contributed by atoms with E-state index in [9.17, 15) is 27.3 Å². The van der Waals surface area contributed by atoms with Crippen molar-refractivity contribution in [1.82, 2.24) is 0 Å². The summed E-state index contributed by atoms with van der Waals surface area (Å²) in [5.41, 5.74) is -0.237. The maximum absolute atomic E-state index is 13.5. The zero-order valence-electron chi connectivity index (χ0n) is 10.3. The van der Waals surface area contributed by atoms with Crippen LogP contribution in [0.5, 0.6) is 0 Å². The lowest BCUT2D eigenvalue weighted by Gasteiger charge is -2.08. The molecule has 110 valence electrons. The number of nitrogens with one attached hydrogen (secondary N) is 1. The number of non-ortho nitro benzene ring substituents is 1. The van der Waals surface area contributed by atoms with Crippen LogP contribution in [-0.4, -0.2) is 13.3 Å². The first-order chi connectivity index (χ1) is 9.79. The summed E-state index contributed by atoms with van der Waals surface area (Å²) in [5, 5.41) is 10.5. The molecule has 0 radical (unpaired) electrons. The molecule has 2 aromatic rings. The molecule has 0 amide bonds. The third-order valence-electron chi connectivity index (χ3n) is 2.51. The first kappa shape index (κ1) is 14.9. The van der Waals surface area contributed by atoms with Crippen molar-refractivity contribution in [3.8, 4) is 0 Å². The Morgan fingerprint density at radius 1 is 1.05 bits per heavy atom. The average molecular weight is 314 g/mol. The highest BCUT2D eigenvalue weighted by Gasteiger charge is 2.20. The van der Waals surface area contributed by atoms with Crippen molar-refractivity contribution in [3.63, 3.8) is 0 Å². The van der Waals surface area contributed by atoms with Crippen LogP contribution in [0.1, 0.15) is 0 Å². The van der Waals surface area contributed by atoms with E-state index >= 15 is 0 Å². The summed E-state index contributed by atoms with van der Waals surface area (Å²) in [5.74, 6) is -2.01. The maximum atomic E-state index is 13.5. The molecule has 9 heteroatoms. The fourth-order valence-electron chi connectivity index (χ4n) is 1.54. The molecule has 2 rings (SSSR count). The molecule has 2 aromatic carbocycles. The van der Waals surface area contributed by atoms with Gasteiger partial charge in [0.15, 0.2) is 0 Å². The molecule has 0 aliphatic carbocycles. The van der Waals surface area contributed by atoms with Crippen LogP contribution in [0.3, 0.4) is 0 Å². The standard InChI is InChI=1S/C12H8F2N2O4S/c13-8-1-6-11(14)12(7-8)21(19,20)15-9-2-4-10(5-3-9)16(17)18/h1-7,15H. The number of hydrogen-bond acceptors (Lipinski definition) is 4. The number of halogens is 2. The van der Waals surface area contributed by atoms with Crippen LogP contribution in [0.2, 0.25) is 0 Å². The van der Waals surface area contributed by atoms with E-state index < -0.39 is 31.5 Å². The highest BCUT2D eigenvalue weighted by atomic mass is 32.2. The van der Waals surface area contributed by atoms with Crippen LogP contribution < -0.4 is 4.72 Å². The Bertz CT molecular complexity index is 791. The van der Waals surface area contributed by atoms with Crippen molar-refractivity contribution >= 4 is 21.4 Å². The van der Waals surface area contributed by atoms with Crippen molar-refractivity contribution in [1.29, 1.82) is 0 Å². The SMILES string of the molecule is O=[N+]([O-])c1ccc(NS(=O)(=O)c2cc(F)ccc2F)cc1. The van der Waals surface area contributed by atoms with Crippen molar-refractivity contribution in [3.05, 3.63) is 64.2 Å². The van der Waals surface area contributed by atoms with Gasteiger partial charge in [0.25, 0.3) is 15.7 Å². The van der Waals surface area contributed by atoms with E-state index in [-0.39, 0.29) is 11.4 Å². The molecule has 0 unspecified atom stereocenters. The van der Waals surface area contributed by atoms with Crippen LogP contribution in [0.4, 0.5) is 20.2 Å².